The van der Waals surface area contributed by atoms with Gasteiger partial charge in [0, 0.05) is 34.3 Å². The SMILES string of the molecule is Cc1nc2cc(-c3cccc(F)c3)nn2c(C)c1CCC(=O)N[C@H](C)c1cccs1. The first kappa shape index (κ1) is 20.2. The highest BCUT2D eigenvalue weighted by molar-refractivity contribution is 7.10. The number of thiophene rings is 1. The highest BCUT2D eigenvalue weighted by Gasteiger charge is 2.16. The molecule has 1 amide bonds. The summed E-state index contributed by atoms with van der Waals surface area (Å²) >= 11 is 1.64. The van der Waals surface area contributed by atoms with E-state index in [1.54, 1.807) is 21.9 Å². The molecule has 0 aliphatic rings. The van der Waals surface area contributed by atoms with Crippen molar-refractivity contribution in [3.8, 4) is 11.3 Å². The second kappa shape index (κ2) is 8.36. The summed E-state index contributed by atoms with van der Waals surface area (Å²) in [7, 11) is 0. The molecule has 0 aliphatic carbocycles. The number of nitrogens with zero attached hydrogens (tertiary/aromatic N) is 3. The van der Waals surface area contributed by atoms with Crippen LogP contribution >= 0.6 is 11.3 Å². The van der Waals surface area contributed by atoms with Crippen LogP contribution in [0.1, 0.15) is 41.2 Å². The maximum absolute atomic E-state index is 13.6. The van der Waals surface area contributed by atoms with E-state index in [2.05, 4.69) is 15.4 Å². The molecule has 1 aromatic carbocycles. The van der Waals surface area contributed by atoms with Crippen LogP contribution in [0.2, 0.25) is 0 Å². The Kier molecular flexibility index (Phi) is 5.63. The first-order chi connectivity index (χ1) is 14.4. The molecule has 1 atom stereocenters. The quantitative estimate of drug-likeness (QED) is 0.474. The molecule has 4 aromatic rings. The first-order valence-corrected chi connectivity index (χ1v) is 10.7. The van der Waals surface area contributed by atoms with Crippen LogP contribution in [0.4, 0.5) is 4.39 Å². The molecule has 0 saturated heterocycles. The van der Waals surface area contributed by atoms with Crippen LogP contribution in [-0.2, 0) is 11.2 Å². The Morgan fingerprint density at radius 3 is 2.80 bits per heavy atom. The van der Waals surface area contributed by atoms with Crippen molar-refractivity contribution in [3.05, 3.63) is 75.5 Å². The fourth-order valence-corrected chi connectivity index (χ4v) is 4.37. The van der Waals surface area contributed by atoms with E-state index < -0.39 is 0 Å². The number of halogens is 1. The van der Waals surface area contributed by atoms with Gasteiger partial charge in [0.05, 0.1) is 11.7 Å². The molecule has 0 saturated carbocycles. The van der Waals surface area contributed by atoms with Gasteiger partial charge < -0.3 is 5.32 Å². The number of fused-ring (bicyclic) bond motifs is 1. The predicted molar refractivity (Wildman–Crippen MR) is 117 cm³/mol. The van der Waals surface area contributed by atoms with E-state index in [9.17, 15) is 9.18 Å². The van der Waals surface area contributed by atoms with Crippen molar-refractivity contribution in [2.75, 3.05) is 0 Å². The first-order valence-electron chi connectivity index (χ1n) is 9.87. The Bertz CT molecular complexity index is 1200. The molecule has 3 aromatic heterocycles. The fourth-order valence-electron chi connectivity index (χ4n) is 3.64. The molecule has 0 fully saturated rings. The predicted octanol–water partition coefficient (Wildman–Crippen LogP) is 5.02. The van der Waals surface area contributed by atoms with Crippen molar-refractivity contribution in [1.82, 2.24) is 19.9 Å². The van der Waals surface area contributed by atoms with Crippen LogP contribution in [0, 0.1) is 19.7 Å². The largest absolute Gasteiger partial charge is 0.349 e. The molecule has 4 rings (SSSR count). The molecular formula is C23H23FN4OS. The van der Waals surface area contributed by atoms with Gasteiger partial charge in [0.1, 0.15) is 5.82 Å². The van der Waals surface area contributed by atoms with Crippen LogP contribution in [0.5, 0.6) is 0 Å². The summed E-state index contributed by atoms with van der Waals surface area (Å²) in [5.74, 6) is -0.287. The highest BCUT2D eigenvalue weighted by Crippen LogP contribution is 2.23. The van der Waals surface area contributed by atoms with Gasteiger partial charge in [0.25, 0.3) is 0 Å². The maximum Gasteiger partial charge on any atom is 0.220 e. The van der Waals surface area contributed by atoms with Crippen molar-refractivity contribution in [2.45, 2.75) is 39.7 Å². The molecule has 1 N–H and O–H groups in total. The van der Waals surface area contributed by atoms with Gasteiger partial charge in [-0.1, -0.05) is 18.2 Å². The lowest BCUT2D eigenvalue weighted by Gasteiger charge is -2.14. The topological polar surface area (TPSA) is 59.3 Å². The highest BCUT2D eigenvalue weighted by atomic mass is 32.1. The van der Waals surface area contributed by atoms with Crippen molar-refractivity contribution in [1.29, 1.82) is 0 Å². The third-order valence-electron chi connectivity index (χ3n) is 5.23. The Balaban J connectivity index is 1.53. The van der Waals surface area contributed by atoms with E-state index in [0.717, 1.165) is 21.8 Å². The van der Waals surface area contributed by atoms with Crippen molar-refractivity contribution >= 4 is 22.9 Å². The van der Waals surface area contributed by atoms with Gasteiger partial charge in [-0.25, -0.2) is 13.9 Å². The van der Waals surface area contributed by atoms with Crippen molar-refractivity contribution < 1.29 is 9.18 Å². The molecule has 0 bridgehead atoms. The zero-order valence-electron chi connectivity index (χ0n) is 17.1. The Morgan fingerprint density at radius 2 is 2.07 bits per heavy atom. The second-order valence-corrected chi connectivity index (χ2v) is 8.35. The van der Waals surface area contributed by atoms with Crippen LogP contribution < -0.4 is 5.32 Å². The smallest absolute Gasteiger partial charge is 0.220 e. The summed E-state index contributed by atoms with van der Waals surface area (Å²) in [6.07, 6.45) is 0.960. The fraction of sp³-hybridized carbons (Fsp3) is 0.261. The minimum Gasteiger partial charge on any atom is -0.349 e. The molecule has 7 heteroatoms. The number of aromatic nitrogens is 3. The number of hydrogen-bond acceptors (Lipinski definition) is 4. The average Bonchev–Trinajstić information content (AvgIpc) is 3.38. The number of nitrogens with one attached hydrogen (secondary N) is 1. The summed E-state index contributed by atoms with van der Waals surface area (Å²) < 4.78 is 15.4. The standard InChI is InChI=1S/C23H23FN4OS/c1-14-19(9-10-23(29)26-15(2)21-8-5-11-30-21)16(3)28-22(25-14)13-20(27-28)17-6-4-7-18(24)12-17/h4-8,11-13,15H,9-10H2,1-3H3,(H,26,29)/t15-/m1/s1. The molecule has 0 unspecified atom stereocenters. The van der Waals surface area contributed by atoms with Gasteiger partial charge in [-0.15, -0.1) is 11.3 Å². The molecule has 3 heterocycles. The Morgan fingerprint density at radius 1 is 1.23 bits per heavy atom. The zero-order valence-corrected chi connectivity index (χ0v) is 18.0. The molecule has 154 valence electrons. The molecule has 5 nitrogen and oxygen atoms in total. The van der Waals surface area contributed by atoms with Crippen molar-refractivity contribution in [3.63, 3.8) is 0 Å². The number of rotatable bonds is 6. The van der Waals surface area contributed by atoms with Gasteiger partial charge in [0.15, 0.2) is 5.65 Å². The van der Waals surface area contributed by atoms with E-state index in [1.807, 2.05) is 50.4 Å². The second-order valence-electron chi connectivity index (χ2n) is 7.38. The Labute approximate surface area is 178 Å². The molecule has 0 spiro atoms. The van der Waals surface area contributed by atoms with Crippen LogP contribution in [0.25, 0.3) is 16.9 Å². The normalized spacial score (nSPS) is 12.3. The third kappa shape index (κ3) is 4.11. The summed E-state index contributed by atoms with van der Waals surface area (Å²) in [4.78, 5) is 18.2. The summed E-state index contributed by atoms with van der Waals surface area (Å²) in [6.45, 7) is 5.92. The van der Waals surface area contributed by atoms with Crippen molar-refractivity contribution in [2.24, 2.45) is 0 Å². The van der Waals surface area contributed by atoms with E-state index in [-0.39, 0.29) is 17.8 Å². The zero-order chi connectivity index (χ0) is 21.3. The minimum atomic E-state index is -0.297. The number of carbonyl (C=O) groups is 1. The number of amides is 1. The molecule has 0 aliphatic heterocycles. The van der Waals surface area contributed by atoms with Gasteiger partial charge in [0.2, 0.25) is 5.91 Å². The van der Waals surface area contributed by atoms with Gasteiger partial charge in [-0.3, -0.25) is 4.79 Å². The molecular weight excluding hydrogens is 399 g/mol. The lowest BCUT2D eigenvalue weighted by molar-refractivity contribution is -0.121. The van der Waals surface area contributed by atoms with Gasteiger partial charge in [-0.2, -0.15) is 5.10 Å². The lowest BCUT2D eigenvalue weighted by atomic mass is 10.1. The lowest BCUT2D eigenvalue weighted by Crippen LogP contribution is -2.26. The van der Waals surface area contributed by atoms with Gasteiger partial charge >= 0.3 is 0 Å². The maximum atomic E-state index is 13.6. The summed E-state index contributed by atoms with van der Waals surface area (Å²) in [5.41, 5.74) is 4.92. The van der Waals surface area contributed by atoms with E-state index in [0.29, 0.717) is 29.7 Å². The Hall–Kier alpha value is -3.06. The molecule has 30 heavy (non-hydrogen) atoms. The van der Waals surface area contributed by atoms with Crippen LogP contribution in [0.3, 0.4) is 0 Å². The van der Waals surface area contributed by atoms with Crippen LogP contribution in [-0.4, -0.2) is 20.5 Å². The summed E-state index contributed by atoms with van der Waals surface area (Å²) in [5, 5.41) is 9.68. The monoisotopic (exact) mass is 422 g/mol. The number of benzene rings is 1. The number of aryl methyl sites for hydroxylation is 2. The molecule has 0 radical (unpaired) electrons. The van der Waals surface area contributed by atoms with E-state index >= 15 is 0 Å². The summed E-state index contributed by atoms with van der Waals surface area (Å²) in [6, 6.07) is 12.2. The number of carbonyl (C=O) groups excluding carboxylic acids is 1. The van der Waals surface area contributed by atoms with Gasteiger partial charge in [-0.05, 0) is 56.3 Å². The average molecular weight is 423 g/mol. The van der Waals surface area contributed by atoms with E-state index in [1.165, 1.54) is 12.1 Å². The third-order valence-corrected chi connectivity index (χ3v) is 6.29. The number of hydrogen-bond donors (Lipinski definition) is 1. The van der Waals surface area contributed by atoms with E-state index in [4.69, 9.17) is 0 Å². The minimum absolute atomic E-state index is 0.000223. The van der Waals surface area contributed by atoms with Crippen LogP contribution in [0.15, 0.2) is 47.8 Å².